The van der Waals surface area contributed by atoms with Gasteiger partial charge in [-0.05, 0) is 6.42 Å². The molecule has 0 unspecified atom stereocenters. The summed E-state index contributed by atoms with van der Waals surface area (Å²) in [5.74, 6) is -0.0375. The molecule has 2 aromatic rings. The summed E-state index contributed by atoms with van der Waals surface area (Å²) in [5.41, 5.74) is 1.58. The molecule has 1 N–H and O–H groups in total. The number of hydrogen-bond donors (Lipinski definition) is 1. The number of nitrogens with one attached hydrogen (secondary N) is 1. The third kappa shape index (κ3) is 2.85. The van der Waals surface area contributed by atoms with E-state index in [0.29, 0.717) is 12.2 Å². The Bertz CT molecular complexity index is 532. The predicted molar refractivity (Wildman–Crippen MR) is 69.1 cm³/mol. The van der Waals surface area contributed by atoms with Crippen molar-refractivity contribution in [3.63, 3.8) is 0 Å². The van der Waals surface area contributed by atoms with Crippen LogP contribution in [-0.2, 0) is 0 Å². The summed E-state index contributed by atoms with van der Waals surface area (Å²) < 4.78 is 5.02. The topological polar surface area (TPSA) is 55.1 Å². The highest BCUT2D eigenvalue weighted by Crippen LogP contribution is 2.18. The lowest BCUT2D eigenvalue weighted by Crippen LogP contribution is -2.23. The van der Waals surface area contributed by atoms with Crippen LogP contribution in [0.4, 0.5) is 0 Å². The molecule has 0 bridgehead atoms. The zero-order chi connectivity index (χ0) is 12.8. The zero-order valence-corrected chi connectivity index (χ0v) is 9.93. The SMILES string of the molecule is C=CCCNC(=O)c1cc(-c2ccccc2)no1. The number of carbonyl (C=O) groups excluding carboxylic acids is 1. The van der Waals surface area contributed by atoms with Crippen LogP contribution in [0.3, 0.4) is 0 Å². The van der Waals surface area contributed by atoms with Gasteiger partial charge in [0.1, 0.15) is 5.69 Å². The molecular weight excluding hydrogens is 228 g/mol. The molecule has 18 heavy (non-hydrogen) atoms. The Kier molecular flexibility index (Phi) is 3.91. The molecule has 4 nitrogen and oxygen atoms in total. The standard InChI is InChI=1S/C14H14N2O2/c1-2-3-9-15-14(17)13-10-12(16-18-13)11-7-5-4-6-8-11/h2,4-8,10H,1,3,9H2,(H,15,17). The summed E-state index contributed by atoms with van der Waals surface area (Å²) in [6.45, 7) is 4.13. The first-order valence-electron chi connectivity index (χ1n) is 5.72. The molecule has 1 amide bonds. The number of nitrogens with zero attached hydrogens (tertiary/aromatic N) is 1. The molecule has 4 heteroatoms. The van der Waals surface area contributed by atoms with E-state index in [1.165, 1.54) is 0 Å². The smallest absolute Gasteiger partial charge is 0.289 e. The molecule has 0 spiro atoms. The Morgan fingerprint density at radius 1 is 1.39 bits per heavy atom. The Morgan fingerprint density at radius 3 is 2.89 bits per heavy atom. The highest BCUT2D eigenvalue weighted by atomic mass is 16.5. The molecule has 2 rings (SSSR count). The first kappa shape index (κ1) is 12.1. The summed E-state index contributed by atoms with van der Waals surface area (Å²) >= 11 is 0. The van der Waals surface area contributed by atoms with Crippen LogP contribution in [-0.4, -0.2) is 17.6 Å². The maximum Gasteiger partial charge on any atom is 0.289 e. The highest BCUT2D eigenvalue weighted by molar-refractivity contribution is 5.92. The lowest BCUT2D eigenvalue weighted by atomic mass is 10.1. The van der Waals surface area contributed by atoms with E-state index in [0.717, 1.165) is 12.0 Å². The first-order chi connectivity index (χ1) is 8.81. The lowest BCUT2D eigenvalue weighted by Gasteiger charge is -1.98. The fourth-order valence-corrected chi connectivity index (χ4v) is 1.50. The van der Waals surface area contributed by atoms with Gasteiger partial charge in [-0.25, -0.2) is 0 Å². The molecule has 1 aromatic heterocycles. The van der Waals surface area contributed by atoms with Crippen LogP contribution in [0, 0.1) is 0 Å². The monoisotopic (exact) mass is 242 g/mol. The van der Waals surface area contributed by atoms with Crippen LogP contribution in [0.1, 0.15) is 17.0 Å². The third-order valence-electron chi connectivity index (χ3n) is 2.44. The Hall–Kier alpha value is -2.36. The minimum absolute atomic E-state index is 0.220. The van der Waals surface area contributed by atoms with E-state index in [9.17, 15) is 4.79 Å². The molecule has 0 saturated carbocycles. The minimum atomic E-state index is -0.258. The van der Waals surface area contributed by atoms with Gasteiger partial charge in [0.2, 0.25) is 5.76 Å². The molecule has 0 aliphatic rings. The first-order valence-corrected chi connectivity index (χ1v) is 5.72. The van der Waals surface area contributed by atoms with Crippen molar-refractivity contribution in [3.05, 3.63) is 54.8 Å². The van der Waals surface area contributed by atoms with Crippen LogP contribution in [0.15, 0.2) is 53.6 Å². The molecule has 0 saturated heterocycles. The molecule has 0 atom stereocenters. The molecule has 0 aliphatic heterocycles. The fraction of sp³-hybridized carbons (Fsp3) is 0.143. The molecule has 1 heterocycles. The van der Waals surface area contributed by atoms with Crippen molar-refractivity contribution in [3.8, 4) is 11.3 Å². The van der Waals surface area contributed by atoms with E-state index in [4.69, 9.17) is 4.52 Å². The van der Waals surface area contributed by atoms with Crippen molar-refractivity contribution in [2.45, 2.75) is 6.42 Å². The maximum absolute atomic E-state index is 11.7. The Morgan fingerprint density at radius 2 is 2.17 bits per heavy atom. The number of benzene rings is 1. The average molecular weight is 242 g/mol. The third-order valence-corrected chi connectivity index (χ3v) is 2.44. The number of rotatable bonds is 5. The summed E-state index contributed by atoms with van der Waals surface area (Å²) in [7, 11) is 0. The van der Waals surface area contributed by atoms with Gasteiger partial charge in [0, 0.05) is 18.2 Å². The second-order valence-corrected chi connectivity index (χ2v) is 3.78. The molecule has 0 aliphatic carbocycles. The van der Waals surface area contributed by atoms with Crippen LogP contribution >= 0.6 is 0 Å². The van der Waals surface area contributed by atoms with Gasteiger partial charge in [-0.2, -0.15) is 0 Å². The number of aromatic nitrogens is 1. The molecule has 92 valence electrons. The van der Waals surface area contributed by atoms with Crippen LogP contribution in [0.25, 0.3) is 11.3 Å². The number of amides is 1. The lowest BCUT2D eigenvalue weighted by molar-refractivity contribution is 0.0917. The number of hydrogen-bond acceptors (Lipinski definition) is 3. The van der Waals surface area contributed by atoms with Gasteiger partial charge in [0.15, 0.2) is 0 Å². The van der Waals surface area contributed by atoms with Crippen molar-refractivity contribution in [1.82, 2.24) is 10.5 Å². The second kappa shape index (κ2) is 5.82. The van der Waals surface area contributed by atoms with Gasteiger partial charge < -0.3 is 9.84 Å². The summed E-state index contributed by atoms with van der Waals surface area (Å²) in [5, 5.41) is 6.60. The van der Waals surface area contributed by atoms with Gasteiger partial charge in [-0.3, -0.25) is 4.79 Å². The van der Waals surface area contributed by atoms with Crippen molar-refractivity contribution >= 4 is 5.91 Å². The van der Waals surface area contributed by atoms with Crippen molar-refractivity contribution in [1.29, 1.82) is 0 Å². The van der Waals surface area contributed by atoms with Crippen molar-refractivity contribution in [2.75, 3.05) is 6.54 Å². The zero-order valence-electron chi connectivity index (χ0n) is 9.93. The van der Waals surface area contributed by atoms with Gasteiger partial charge in [0.25, 0.3) is 5.91 Å². The maximum atomic E-state index is 11.7. The van der Waals surface area contributed by atoms with Gasteiger partial charge in [0.05, 0.1) is 0 Å². The van der Waals surface area contributed by atoms with E-state index in [2.05, 4.69) is 17.1 Å². The minimum Gasteiger partial charge on any atom is -0.350 e. The summed E-state index contributed by atoms with van der Waals surface area (Å²) in [6, 6.07) is 11.2. The van der Waals surface area contributed by atoms with E-state index in [1.807, 2.05) is 30.3 Å². The Balaban J connectivity index is 2.06. The summed E-state index contributed by atoms with van der Waals surface area (Å²) in [6.07, 6.45) is 2.47. The molecule has 0 radical (unpaired) electrons. The second-order valence-electron chi connectivity index (χ2n) is 3.78. The van der Waals surface area contributed by atoms with Gasteiger partial charge in [-0.1, -0.05) is 41.6 Å². The largest absolute Gasteiger partial charge is 0.350 e. The van der Waals surface area contributed by atoms with Crippen LogP contribution < -0.4 is 5.32 Å². The van der Waals surface area contributed by atoms with E-state index >= 15 is 0 Å². The van der Waals surface area contributed by atoms with E-state index in [-0.39, 0.29) is 11.7 Å². The Labute approximate surface area is 105 Å². The van der Waals surface area contributed by atoms with Crippen LogP contribution in [0.5, 0.6) is 0 Å². The van der Waals surface area contributed by atoms with Crippen molar-refractivity contribution < 1.29 is 9.32 Å². The predicted octanol–water partition coefficient (Wildman–Crippen LogP) is 2.65. The molecule has 0 fully saturated rings. The quantitative estimate of drug-likeness (QED) is 0.647. The van der Waals surface area contributed by atoms with E-state index < -0.39 is 0 Å². The average Bonchev–Trinajstić information content (AvgIpc) is 2.89. The molecular formula is C14H14N2O2. The highest BCUT2D eigenvalue weighted by Gasteiger charge is 2.12. The summed E-state index contributed by atoms with van der Waals surface area (Å²) in [4.78, 5) is 11.7. The van der Waals surface area contributed by atoms with Gasteiger partial charge >= 0.3 is 0 Å². The fourth-order valence-electron chi connectivity index (χ4n) is 1.50. The van der Waals surface area contributed by atoms with E-state index in [1.54, 1.807) is 12.1 Å². The van der Waals surface area contributed by atoms with Crippen LogP contribution in [0.2, 0.25) is 0 Å². The van der Waals surface area contributed by atoms with Gasteiger partial charge in [-0.15, -0.1) is 6.58 Å². The normalized spacial score (nSPS) is 10.0. The molecule has 1 aromatic carbocycles. The van der Waals surface area contributed by atoms with Crippen molar-refractivity contribution in [2.24, 2.45) is 0 Å². The number of carbonyl (C=O) groups is 1.